The zero-order valence-electron chi connectivity index (χ0n) is 15.8. The number of ether oxygens (including phenoxy) is 1. The number of rotatable bonds is 4. The number of carbonyl (C=O) groups is 2. The number of benzene rings is 1. The third-order valence-corrected chi connectivity index (χ3v) is 4.15. The van der Waals surface area contributed by atoms with Gasteiger partial charge in [0.1, 0.15) is 5.60 Å². The number of nitrogens with one attached hydrogen (secondary N) is 1. The van der Waals surface area contributed by atoms with E-state index in [-0.39, 0.29) is 5.78 Å². The van der Waals surface area contributed by atoms with E-state index in [1.54, 1.807) is 27.7 Å². The first-order valence-corrected chi connectivity index (χ1v) is 8.73. The van der Waals surface area contributed by atoms with Gasteiger partial charge in [-0.1, -0.05) is 0 Å². The van der Waals surface area contributed by atoms with Crippen LogP contribution in [0.3, 0.4) is 0 Å². The SMILES string of the molecule is CC(NC(=O)OC(C)(C)C)C(=O)c1ccc(N2CCN(C)CC2)cc1. The summed E-state index contributed by atoms with van der Waals surface area (Å²) in [6.45, 7) is 11.1. The summed E-state index contributed by atoms with van der Waals surface area (Å²) in [5, 5.41) is 2.59. The number of hydrogen-bond donors (Lipinski definition) is 1. The van der Waals surface area contributed by atoms with E-state index in [4.69, 9.17) is 4.74 Å². The Morgan fingerprint density at radius 1 is 1.08 bits per heavy atom. The summed E-state index contributed by atoms with van der Waals surface area (Å²) < 4.78 is 5.19. The molecule has 0 spiro atoms. The smallest absolute Gasteiger partial charge is 0.408 e. The first-order valence-electron chi connectivity index (χ1n) is 8.73. The topological polar surface area (TPSA) is 61.9 Å². The van der Waals surface area contributed by atoms with Gasteiger partial charge >= 0.3 is 6.09 Å². The molecule has 0 radical (unpaired) electrons. The predicted molar refractivity (Wildman–Crippen MR) is 99.3 cm³/mol. The largest absolute Gasteiger partial charge is 0.444 e. The van der Waals surface area contributed by atoms with Gasteiger partial charge in [0.25, 0.3) is 0 Å². The lowest BCUT2D eigenvalue weighted by atomic mass is 10.0. The van der Waals surface area contributed by atoms with Crippen molar-refractivity contribution in [2.24, 2.45) is 0 Å². The molecule has 1 saturated heterocycles. The molecule has 1 aliphatic rings. The fraction of sp³-hybridized carbons (Fsp3) is 0.579. The molecular weight excluding hydrogens is 318 g/mol. The maximum absolute atomic E-state index is 12.5. The average Bonchev–Trinajstić information content (AvgIpc) is 2.53. The van der Waals surface area contributed by atoms with Crippen molar-refractivity contribution in [1.82, 2.24) is 10.2 Å². The lowest BCUT2D eigenvalue weighted by Crippen LogP contribution is -2.44. The van der Waals surface area contributed by atoms with Gasteiger partial charge < -0.3 is 19.9 Å². The second kappa shape index (κ2) is 7.87. The summed E-state index contributed by atoms with van der Waals surface area (Å²) in [5.41, 5.74) is 1.12. The van der Waals surface area contributed by atoms with Gasteiger partial charge in [-0.15, -0.1) is 0 Å². The Bertz CT molecular complexity index is 599. The van der Waals surface area contributed by atoms with Crippen molar-refractivity contribution in [3.8, 4) is 0 Å². The van der Waals surface area contributed by atoms with Gasteiger partial charge in [0.05, 0.1) is 6.04 Å². The molecule has 1 unspecified atom stereocenters. The Morgan fingerprint density at radius 2 is 1.64 bits per heavy atom. The first-order chi connectivity index (χ1) is 11.7. The quantitative estimate of drug-likeness (QED) is 0.848. The number of alkyl carbamates (subject to hydrolysis) is 1. The number of Topliss-reactive ketones (excluding diaryl/α,β-unsaturated/α-hetero) is 1. The molecule has 1 N–H and O–H groups in total. The zero-order chi connectivity index (χ0) is 18.6. The van der Waals surface area contributed by atoms with Gasteiger partial charge in [0.2, 0.25) is 0 Å². The molecule has 0 aromatic heterocycles. The van der Waals surface area contributed by atoms with E-state index in [0.29, 0.717) is 5.56 Å². The second-order valence-corrected chi connectivity index (χ2v) is 7.57. The normalized spacial score (nSPS) is 17.1. The highest BCUT2D eigenvalue weighted by molar-refractivity contribution is 6.01. The van der Waals surface area contributed by atoms with Crippen LogP contribution in [0.25, 0.3) is 0 Å². The molecule has 1 aliphatic heterocycles. The zero-order valence-corrected chi connectivity index (χ0v) is 15.8. The highest BCUT2D eigenvalue weighted by Crippen LogP contribution is 2.18. The molecular formula is C19H29N3O3. The third-order valence-electron chi connectivity index (χ3n) is 4.15. The molecule has 25 heavy (non-hydrogen) atoms. The van der Waals surface area contributed by atoms with Gasteiger partial charge in [-0.25, -0.2) is 4.79 Å². The summed E-state index contributed by atoms with van der Waals surface area (Å²) in [5.74, 6) is -0.129. The third kappa shape index (κ3) is 5.74. The minimum atomic E-state index is -0.635. The predicted octanol–water partition coefficient (Wildman–Crippen LogP) is 2.53. The van der Waals surface area contributed by atoms with Crippen molar-refractivity contribution in [3.05, 3.63) is 29.8 Å². The highest BCUT2D eigenvalue weighted by Gasteiger charge is 2.22. The van der Waals surface area contributed by atoms with Crippen LogP contribution in [0.1, 0.15) is 38.1 Å². The Labute approximate surface area is 150 Å². The van der Waals surface area contributed by atoms with Gasteiger partial charge in [0.15, 0.2) is 5.78 Å². The van der Waals surface area contributed by atoms with Crippen molar-refractivity contribution in [2.45, 2.75) is 39.3 Å². The maximum Gasteiger partial charge on any atom is 0.408 e. The summed E-state index contributed by atoms with van der Waals surface area (Å²) in [6, 6.07) is 6.95. The molecule has 1 fully saturated rings. The average molecular weight is 347 g/mol. The summed E-state index contributed by atoms with van der Waals surface area (Å²) in [4.78, 5) is 28.9. The molecule has 1 amide bonds. The molecule has 0 saturated carbocycles. The maximum atomic E-state index is 12.5. The van der Waals surface area contributed by atoms with Crippen LogP contribution >= 0.6 is 0 Å². The molecule has 6 heteroatoms. The van der Waals surface area contributed by atoms with Gasteiger partial charge in [0, 0.05) is 37.4 Å². The van der Waals surface area contributed by atoms with Gasteiger partial charge in [-0.3, -0.25) is 4.79 Å². The van der Waals surface area contributed by atoms with E-state index in [1.165, 1.54) is 0 Å². The Hall–Kier alpha value is -2.08. The van der Waals surface area contributed by atoms with Crippen molar-refractivity contribution in [1.29, 1.82) is 0 Å². The molecule has 138 valence electrons. The van der Waals surface area contributed by atoms with E-state index in [1.807, 2.05) is 24.3 Å². The van der Waals surface area contributed by atoms with Crippen LogP contribution in [0.15, 0.2) is 24.3 Å². The standard InChI is InChI=1S/C19H29N3O3/c1-14(20-18(24)25-19(2,3)4)17(23)15-6-8-16(9-7-15)22-12-10-21(5)11-13-22/h6-9,14H,10-13H2,1-5H3,(H,20,24). The van der Waals surface area contributed by atoms with Crippen LogP contribution in [-0.2, 0) is 4.74 Å². The monoisotopic (exact) mass is 347 g/mol. The van der Waals surface area contributed by atoms with Crippen LogP contribution in [0.4, 0.5) is 10.5 Å². The lowest BCUT2D eigenvalue weighted by Gasteiger charge is -2.34. The molecule has 1 aromatic carbocycles. The van der Waals surface area contributed by atoms with Gasteiger partial charge in [-0.05, 0) is 59.0 Å². The van der Waals surface area contributed by atoms with Crippen LogP contribution in [0.2, 0.25) is 0 Å². The molecule has 0 bridgehead atoms. The molecule has 6 nitrogen and oxygen atoms in total. The second-order valence-electron chi connectivity index (χ2n) is 7.57. The summed E-state index contributed by atoms with van der Waals surface area (Å²) in [7, 11) is 2.12. The van der Waals surface area contributed by atoms with Crippen LogP contribution in [0, 0.1) is 0 Å². The Kier molecular flexibility index (Phi) is 6.06. The number of likely N-dealkylation sites (N-methyl/N-ethyl adjacent to an activating group) is 1. The van der Waals surface area contributed by atoms with Gasteiger partial charge in [-0.2, -0.15) is 0 Å². The van der Waals surface area contributed by atoms with E-state index >= 15 is 0 Å². The molecule has 0 aliphatic carbocycles. The van der Waals surface area contributed by atoms with E-state index in [0.717, 1.165) is 31.9 Å². The van der Waals surface area contributed by atoms with E-state index in [2.05, 4.69) is 22.2 Å². The molecule has 2 rings (SSSR count). The molecule has 1 atom stereocenters. The van der Waals surface area contributed by atoms with E-state index < -0.39 is 17.7 Å². The fourth-order valence-electron chi connectivity index (χ4n) is 2.70. The summed E-state index contributed by atoms with van der Waals surface area (Å²) >= 11 is 0. The highest BCUT2D eigenvalue weighted by atomic mass is 16.6. The Balaban J connectivity index is 1.94. The molecule has 1 heterocycles. The van der Waals surface area contributed by atoms with Crippen molar-refractivity contribution in [2.75, 3.05) is 38.1 Å². The number of amides is 1. The first kappa shape index (κ1) is 19.2. The number of ketones is 1. The minimum absolute atomic E-state index is 0.129. The number of carbonyl (C=O) groups excluding carboxylic acids is 2. The number of piperazine rings is 1. The lowest BCUT2D eigenvalue weighted by molar-refractivity contribution is 0.0497. The fourth-order valence-corrected chi connectivity index (χ4v) is 2.70. The Morgan fingerprint density at radius 3 is 2.16 bits per heavy atom. The molecule has 1 aromatic rings. The van der Waals surface area contributed by atoms with Crippen LogP contribution in [-0.4, -0.2) is 61.6 Å². The van der Waals surface area contributed by atoms with Crippen molar-refractivity contribution < 1.29 is 14.3 Å². The minimum Gasteiger partial charge on any atom is -0.444 e. The number of anilines is 1. The van der Waals surface area contributed by atoms with E-state index in [9.17, 15) is 9.59 Å². The number of hydrogen-bond acceptors (Lipinski definition) is 5. The van der Waals surface area contributed by atoms with Crippen LogP contribution < -0.4 is 10.2 Å². The number of nitrogens with zero attached hydrogens (tertiary/aromatic N) is 2. The van der Waals surface area contributed by atoms with Crippen molar-refractivity contribution in [3.63, 3.8) is 0 Å². The van der Waals surface area contributed by atoms with Crippen LogP contribution in [0.5, 0.6) is 0 Å². The summed E-state index contributed by atoms with van der Waals surface area (Å²) in [6.07, 6.45) is -0.581. The van der Waals surface area contributed by atoms with Crippen molar-refractivity contribution >= 4 is 17.6 Å².